The second-order valence-electron chi connectivity index (χ2n) is 4.77. The lowest BCUT2D eigenvalue weighted by Gasteiger charge is -2.27. The van der Waals surface area contributed by atoms with E-state index in [0.29, 0.717) is 5.41 Å². The van der Waals surface area contributed by atoms with E-state index in [-0.39, 0.29) is 0 Å². The molecule has 0 amide bonds. The normalized spacial score (nSPS) is 25.3. The van der Waals surface area contributed by atoms with E-state index < -0.39 is 0 Å². The number of thioether (sulfide) groups is 1. The van der Waals surface area contributed by atoms with Crippen LogP contribution in [0.5, 0.6) is 0 Å². The van der Waals surface area contributed by atoms with Crippen LogP contribution in [0.15, 0.2) is 0 Å². The van der Waals surface area contributed by atoms with Crippen LogP contribution in [0.3, 0.4) is 0 Å². The quantitative estimate of drug-likeness (QED) is 0.803. The molecule has 0 aromatic carbocycles. The van der Waals surface area contributed by atoms with Gasteiger partial charge in [-0.2, -0.15) is 11.8 Å². The SMILES string of the molecule is CCC1(CCNC)CCN(C)C1.CCSC. The lowest BCUT2D eigenvalue weighted by atomic mass is 9.81. The number of likely N-dealkylation sites (tertiary alicyclic amines) is 1. The standard InChI is InChI=1S/C10H22N2.C3H8S/c1-4-10(5-7-11-2)6-8-12(3)9-10;1-3-4-2/h11H,4-9H2,1-3H3;3H2,1-2H3. The predicted octanol–water partition coefficient (Wildman–Crippen LogP) is 2.70. The van der Waals surface area contributed by atoms with Crippen molar-refractivity contribution < 1.29 is 0 Å². The second-order valence-corrected chi connectivity index (χ2v) is 5.93. The minimum Gasteiger partial charge on any atom is -0.320 e. The van der Waals surface area contributed by atoms with E-state index in [9.17, 15) is 0 Å². The lowest BCUT2D eigenvalue weighted by Crippen LogP contribution is -2.28. The van der Waals surface area contributed by atoms with Gasteiger partial charge < -0.3 is 10.2 Å². The summed E-state index contributed by atoms with van der Waals surface area (Å²) < 4.78 is 0. The molecule has 0 aliphatic carbocycles. The minimum atomic E-state index is 0.623. The van der Waals surface area contributed by atoms with Crippen LogP contribution in [0.2, 0.25) is 0 Å². The van der Waals surface area contributed by atoms with Gasteiger partial charge in [0.15, 0.2) is 0 Å². The number of rotatable bonds is 5. The summed E-state index contributed by atoms with van der Waals surface area (Å²) in [6.07, 6.45) is 6.16. The molecule has 3 heteroatoms. The van der Waals surface area contributed by atoms with Crippen molar-refractivity contribution in [2.45, 2.75) is 33.1 Å². The Morgan fingerprint density at radius 3 is 2.31 bits per heavy atom. The molecule has 1 rings (SSSR count). The van der Waals surface area contributed by atoms with Crippen LogP contribution < -0.4 is 5.32 Å². The zero-order chi connectivity index (χ0) is 12.4. The van der Waals surface area contributed by atoms with E-state index >= 15 is 0 Å². The van der Waals surface area contributed by atoms with Crippen molar-refractivity contribution in [3.05, 3.63) is 0 Å². The first kappa shape index (κ1) is 16.3. The summed E-state index contributed by atoms with van der Waals surface area (Å²) in [4.78, 5) is 2.46. The predicted molar refractivity (Wildman–Crippen MR) is 77.4 cm³/mol. The molecule has 16 heavy (non-hydrogen) atoms. The maximum atomic E-state index is 3.25. The first-order valence-corrected chi connectivity index (χ1v) is 7.85. The Bertz CT molecular complexity index is 162. The van der Waals surface area contributed by atoms with Crippen LogP contribution in [0.25, 0.3) is 0 Å². The fraction of sp³-hybridized carbons (Fsp3) is 1.00. The summed E-state index contributed by atoms with van der Waals surface area (Å²) >= 11 is 1.86. The molecule has 1 heterocycles. The highest BCUT2D eigenvalue weighted by Crippen LogP contribution is 2.35. The smallest absolute Gasteiger partial charge is 0.00358 e. The molecule has 0 radical (unpaired) electrons. The van der Waals surface area contributed by atoms with Gasteiger partial charge in [0.25, 0.3) is 0 Å². The Balaban J connectivity index is 0.000000487. The van der Waals surface area contributed by atoms with E-state index in [0.717, 1.165) is 0 Å². The van der Waals surface area contributed by atoms with Gasteiger partial charge in [0.2, 0.25) is 0 Å². The summed E-state index contributed by atoms with van der Waals surface area (Å²) in [5.74, 6) is 1.24. The van der Waals surface area contributed by atoms with Crippen LogP contribution in [0, 0.1) is 5.41 Å². The molecule has 1 aliphatic heterocycles. The van der Waals surface area contributed by atoms with Gasteiger partial charge in [-0.15, -0.1) is 0 Å². The largest absolute Gasteiger partial charge is 0.320 e. The van der Waals surface area contributed by atoms with Crippen molar-refractivity contribution in [1.82, 2.24) is 10.2 Å². The maximum absolute atomic E-state index is 3.25. The summed E-state index contributed by atoms with van der Waals surface area (Å²) in [7, 11) is 4.28. The first-order chi connectivity index (χ1) is 7.64. The molecule has 1 N–H and O–H groups in total. The molecular weight excluding hydrogens is 216 g/mol. The van der Waals surface area contributed by atoms with Gasteiger partial charge in [-0.25, -0.2) is 0 Å². The highest BCUT2D eigenvalue weighted by molar-refractivity contribution is 7.98. The molecule has 98 valence electrons. The molecule has 1 fully saturated rings. The van der Waals surface area contributed by atoms with E-state index in [2.05, 4.69) is 37.4 Å². The van der Waals surface area contributed by atoms with Crippen molar-refractivity contribution in [3.8, 4) is 0 Å². The molecule has 0 aromatic rings. The average Bonchev–Trinajstić information content (AvgIpc) is 2.69. The lowest BCUT2D eigenvalue weighted by molar-refractivity contribution is 0.250. The highest BCUT2D eigenvalue weighted by Gasteiger charge is 2.33. The first-order valence-electron chi connectivity index (χ1n) is 6.46. The van der Waals surface area contributed by atoms with Gasteiger partial charge in [-0.1, -0.05) is 13.8 Å². The molecule has 1 atom stereocenters. The Morgan fingerprint density at radius 1 is 1.38 bits per heavy atom. The molecule has 2 nitrogen and oxygen atoms in total. The fourth-order valence-electron chi connectivity index (χ4n) is 2.22. The molecule has 1 saturated heterocycles. The van der Waals surface area contributed by atoms with E-state index in [1.165, 1.54) is 44.6 Å². The Kier molecular flexibility index (Phi) is 9.47. The van der Waals surface area contributed by atoms with E-state index in [1.54, 1.807) is 0 Å². The molecule has 1 unspecified atom stereocenters. The Morgan fingerprint density at radius 2 is 2.00 bits per heavy atom. The molecular formula is C13H30N2S. The fourth-order valence-corrected chi connectivity index (χ4v) is 2.22. The van der Waals surface area contributed by atoms with E-state index in [4.69, 9.17) is 0 Å². The van der Waals surface area contributed by atoms with Crippen LogP contribution in [0.4, 0.5) is 0 Å². The van der Waals surface area contributed by atoms with Gasteiger partial charge in [-0.3, -0.25) is 0 Å². The third-order valence-electron chi connectivity index (χ3n) is 3.57. The molecule has 1 aliphatic rings. The number of nitrogens with zero attached hydrogens (tertiary/aromatic N) is 1. The zero-order valence-electron chi connectivity index (χ0n) is 11.8. The van der Waals surface area contributed by atoms with Crippen molar-refractivity contribution in [1.29, 1.82) is 0 Å². The van der Waals surface area contributed by atoms with Crippen molar-refractivity contribution in [2.75, 3.05) is 45.7 Å². The Labute approximate surface area is 107 Å². The van der Waals surface area contributed by atoms with Gasteiger partial charge in [0.05, 0.1) is 0 Å². The molecule has 0 saturated carbocycles. The minimum absolute atomic E-state index is 0.623. The third-order valence-corrected chi connectivity index (χ3v) is 4.15. The summed E-state index contributed by atoms with van der Waals surface area (Å²) in [6.45, 7) is 8.23. The Hall–Kier alpha value is 0.270. The number of nitrogens with one attached hydrogen (secondary N) is 1. The number of hydrogen-bond donors (Lipinski definition) is 1. The number of hydrogen-bond acceptors (Lipinski definition) is 3. The van der Waals surface area contributed by atoms with Crippen LogP contribution in [-0.2, 0) is 0 Å². The van der Waals surface area contributed by atoms with Gasteiger partial charge in [0, 0.05) is 6.54 Å². The van der Waals surface area contributed by atoms with Gasteiger partial charge in [0.1, 0.15) is 0 Å². The summed E-state index contributed by atoms with van der Waals surface area (Å²) in [5.41, 5.74) is 0.623. The third kappa shape index (κ3) is 6.12. The van der Waals surface area contributed by atoms with Crippen LogP contribution in [0.1, 0.15) is 33.1 Å². The van der Waals surface area contributed by atoms with Crippen molar-refractivity contribution in [2.24, 2.45) is 5.41 Å². The molecule has 0 spiro atoms. The van der Waals surface area contributed by atoms with Gasteiger partial charge in [-0.05, 0) is 63.9 Å². The van der Waals surface area contributed by atoms with Crippen LogP contribution >= 0.6 is 11.8 Å². The summed E-state index contributed by atoms with van der Waals surface area (Å²) in [6, 6.07) is 0. The topological polar surface area (TPSA) is 15.3 Å². The highest BCUT2D eigenvalue weighted by atomic mass is 32.2. The van der Waals surface area contributed by atoms with Crippen molar-refractivity contribution >= 4 is 11.8 Å². The van der Waals surface area contributed by atoms with E-state index in [1.807, 2.05) is 18.8 Å². The summed E-state index contributed by atoms with van der Waals surface area (Å²) in [5, 5.41) is 3.25. The van der Waals surface area contributed by atoms with Crippen LogP contribution in [-0.4, -0.2) is 50.6 Å². The van der Waals surface area contributed by atoms with Gasteiger partial charge >= 0.3 is 0 Å². The van der Waals surface area contributed by atoms with Crippen molar-refractivity contribution in [3.63, 3.8) is 0 Å². The second kappa shape index (κ2) is 9.32. The molecule has 0 aromatic heterocycles. The average molecular weight is 246 g/mol. The monoisotopic (exact) mass is 246 g/mol. The maximum Gasteiger partial charge on any atom is 0.00358 e. The molecule has 0 bridgehead atoms. The zero-order valence-corrected chi connectivity index (χ0v) is 12.6.